The topological polar surface area (TPSA) is 51.8 Å². The molecule has 0 bridgehead atoms. The van der Waals surface area contributed by atoms with Crippen LogP contribution < -0.4 is 5.73 Å². The highest BCUT2D eigenvalue weighted by molar-refractivity contribution is 7.09. The molecule has 4 heteroatoms. The molecule has 66 valence electrons. The zero-order valence-electron chi connectivity index (χ0n) is 7.19. The molecule has 0 atom stereocenters. The Morgan fingerprint density at radius 1 is 1.31 bits per heavy atom. The average Bonchev–Trinajstić information content (AvgIpc) is 2.53. The SMILES string of the molecule is Cc1nsc(-c2ccccc2N)n1. The van der Waals surface area contributed by atoms with E-state index in [1.807, 2.05) is 31.2 Å². The fourth-order valence-electron chi connectivity index (χ4n) is 1.10. The van der Waals surface area contributed by atoms with Gasteiger partial charge in [-0.25, -0.2) is 4.98 Å². The summed E-state index contributed by atoms with van der Waals surface area (Å²) < 4.78 is 4.11. The number of benzene rings is 1. The minimum Gasteiger partial charge on any atom is -0.398 e. The van der Waals surface area contributed by atoms with Crippen molar-refractivity contribution < 1.29 is 0 Å². The summed E-state index contributed by atoms with van der Waals surface area (Å²) in [6.45, 7) is 1.87. The summed E-state index contributed by atoms with van der Waals surface area (Å²) in [7, 11) is 0. The Labute approximate surface area is 80.4 Å². The molecule has 0 radical (unpaired) electrons. The van der Waals surface area contributed by atoms with Gasteiger partial charge in [0, 0.05) is 11.3 Å². The van der Waals surface area contributed by atoms with E-state index in [2.05, 4.69) is 9.36 Å². The highest BCUT2D eigenvalue weighted by Crippen LogP contribution is 2.26. The van der Waals surface area contributed by atoms with Gasteiger partial charge in [0.2, 0.25) is 0 Å². The van der Waals surface area contributed by atoms with E-state index in [4.69, 9.17) is 5.73 Å². The normalized spacial score (nSPS) is 10.2. The third-order valence-electron chi connectivity index (χ3n) is 1.72. The Kier molecular flexibility index (Phi) is 1.98. The Morgan fingerprint density at radius 2 is 2.08 bits per heavy atom. The van der Waals surface area contributed by atoms with Gasteiger partial charge in [-0.3, -0.25) is 0 Å². The predicted octanol–water partition coefficient (Wildman–Crippen LogP) is 2.10. The summed E-state index contributed by atoms with van der Waals surface area (Å²) in [4.78, 5) is 4.27. The van der Waals surface area contributed by atoms with Crippen LogP contribution in [0.15, 0.2) is 24.3 Å². The lowest BCUT2D eigenvalue weighted by atomic mass is 10.2. The number of para-hydroxylation sites is 1. The summed E-state index contributed by atoms with van der Waals surface area (Å²) in [6, 6.07) is 7.68. The molecule has 0 spiro atoms. The van der Waals surface area contributed by atoms with Crippen LogP contribution in [0.1, 0.15) is 5.82 Å². The first-order valence-corrected chi connectivity index (χ1v) is 4.70. The van der Waals surface area contributed by atoms with Crippen LogP contribution in [-0.2, 0) is 0 Å². The van der Waals surface area contributed by atoms with Crippen LogP contribution >= 0.6 is 11.5 Å². The monoisotopic (exact) mass is 191 g/mol. The summed E-state index contributed by atoms with van der Waals surface area (Å²) in [5.74, 6) is 0.795. The molecule has 2 aromatic rings. The van der Waals surface area contributed by atoms with Gasteiger partial charge in [-0.15, -0.1) is 0 Å². The number of aromatic nitrogens is 2. The number of nitrogen functional groups attached to an aromatic ring is 1. The molecule has 3 nitrogen and oxygen atoms in total. The molecule has 1 heterocycles. The van der Waals surface area contributed by atoms with Crippen molar-refractivity contribution in [3.05, 3.63) is 30.1 Å². The van der Waals surface area contributed by atoms with Crippen molar-refractivity contribution >= 4 is 17.2 Å². The summed E-state index contributed by atoms with van der Waals surface area (Å²) in [6.07, 6.45) is 0. The molecule has 1 aromatic heterocycles. The fraction of sp³-hybridized carbons (Fsp3) is 0.111. The number of anilines is 1. The van der Waals surface area contributed by atoms with E-state index < -0.39 is 0 Å². The first-order chi connectivity index (χ1) is 6.27. The standard InChI is InChI=1S/C9H9N3S/c1-6-11-9(13-12-6)7-4-2-3-5-8(7)10/h2-5H,10H2,1H3. The Morgan fingerprint density at radius 3 is 2.69 bits per heavy atom. The highest BCUT2D eigenvalue weighted by atomic mass is 32.1. The number of hydrogen-bond acceptors (Lipinski definition) is 4. The van der Waals surface area contributed by atoms with Crippen LogP contribution in [0.2, 0.25) is 0 Å². The predicted molar refractivity (Wildman–Crippen MR) is 54.5 cm³/mol. The molecule has 13 heavy (non-hydrogen) atoms. The van der Waals surface area contributed by atoms with Crippen molar-refractivity contribution in [1.82, 2.24) is 9.36 Å². The van der Waals surface area contributed by atoms with Gasteiger partial charge in [0.15, 0.2) is 0 Å². The zero-order valence-corrected chi connectivity index (χ0v) is 8.01. The molecule has 2 N–H and O–H groups in total. The second-order valence-electron chi connectivity index (χ2n) is 2.73. The third kappa shape index (κ3) is 1.53. The second-order valence-corrected chi connectivity index (χ2v) is 3.49. The van der Waals surface area contributed by atoms with Crippen LogP contribution in [0.3, 0.4) is 0 Å². The Balaban J connectivity index is 2.52. The first-order valence-electron chi connectivity index (χ1n) is 3.92. The van der Waals surface area contributed by atoms with Gasteiger partial charge in [0.05, 0.1) is 0 Å². The van der Waals surface area contributed by atoms with Crippen LogP contribution in [0.25, 0.3) is 10.6 Å². The number of aryl methyl sites for hydroxylation is 1. The van der Waals surface area contributed by atoms with Crippen molar-refractivity contribution in [3.8, 4) is 10.6 Å². The van der Waals surface area contributed by atoms with Gasteiger partial charge in [0.25, 0.3) is 0 Å². The van der Waals surface area contributed by atoms with Crippen LogP contribution in [0.4, 0.5) is 5.69 Å². The molecule has 1 aromatic carbocycles. The lowest BCUT2D eigenvalue weighted by Gasteiger charge is -1.98. The molecule has 0 aliphatic carbocycles. The zero-order chi connectivity index (χ0) is 9.26. The summed E-state index contributed by atoms with van der Waals surface area (Å²) in [5.41, 5.74) is 7.52. The quantitative estimate of drug-likeness (QED) is 0.702. The van der Waals surface area contributed by atoms with Gasteiger partial charge in [-0.1, -0.05) is 12.1 Å². The molecule has 0 saturated carbocycles. The molecular formula is C9H9N3S. The third-order valence-corrected chi connectivity index (χ3v) is 2.56. The van der Waals surface area contributed by atoms with Gasteiger partial charge in [0.1, 0.15) is 10.8 Å². The van der Waals surface area contributed by atoms with Crippen molar-refractivity contribution in [2.24, 2.45) is 0 Å². The smallest absolute Gasteiger partial charge is 0.146 e. The van der Waals surface area contributed by atoms with Crippen molar-refractivity contribution in [2.45, 2.75) is 6.92 Å². The van der Waals surface area contributed by atoms with E-state index in [0.717, 1.165) is 22.1 Å². The van der Waals surface area contributed by atoms with Gasteiger partial charge in [-0.2, -0.15) is 4.37 Å². The van der Waals surface area contributed by atoms with Crippen LogP contribution in [0.5, 0.6) is 0 Å². The van der Waals surface area contributed by atoms with E-state index in [9.17, 15) is 0 Å². The van der Waals surface area contributed by atoms with Gasteiger partial charge >= 0.3 is 0 Å². The number of rotatable bonds is 1. The molecule has 0 aliphatic rings. The highest BCUT2D eigenvalue weighted by Gasteiger charge is 2.05. The van der Waals surface area contributed by atoms with Gasteiger partial charge in [-0.05, 0) is 30.6 Å². The number of nitrogens with zero attached hydrogens (tertiary/aromatic N) is 2. The minimum absolute atomic E-state index is 0.749. The average molecular weight is 191 g/mol. The molecule has 0 aliphatic heterocycles. The molecular weight excluding hydrogens is 182 g/mol. The fourth-order valence-corrected chi connectivity index (χ4v) is 1.81. The Hall–Kier alpha value is -1.42. The van der Waals surface area contributed by atoms with E-state index in [1.54, 1.807) is 0 Å². The van der Waals surface area contributed by atoms with E-state index >= 15 is 0 Å². The number of nitrogens with two attached hydrogens (primary N) is 1. The molecule has 0 unspecified atom stereocenters. The maximum absolute atomic E-state index is 5.80. The van der Waals surface area contributed by atoms with Crippen molar-refractivity contribution in [3.63, 3.8) is 0 Å². The van der Waals surface area contributed by atoms with Crippen molar-refractivity contribution in [1.29, 1.82) is 0 Å². The summed E-state index contributed by atoms with van der Waals surface area (Å²) >= 11 is 1.38. The van der Waals surface area contributed by atoms with E-state index in [0.29, 0.717) is 0 Å². The Bertz CT molecular complexity index is 422. The molecule has 0 amide bonds. The maximum Gasteiger partial charge on any atom is 0.146 e. The van der Waals surface area contributed by atoms with Crippen LogP contribution in [0, 0.1) is 6.92 Å². The van der Waals surface area contributed by atoms with Gasteiger partial charge < -0.3 is 5.73 Å². The largest absolute Gasteiger partial charge is 0.398 e. The molecule has 0 fully saturated rings. The van der Waals surface area contributed by atoms with Crippen LogP contribution in [-0.4, -0.2) is 9.36 Å². The molecule has 0 saturated heterocycles. The van der Waals surface area contributed by atoms with E-state index in [1.165, 1.54) is 11.5 Å². The van der Waals surface area contributed by atoms with E-state index in [-0.39, 0.29) is 0 Å². The van der Waals surface area contributed by atoms with Crippen molar-refractivity contribution in [2.75, 3.05) is 5.73 Å². The lowest BCUT2D eigenvalue weighted by Crippen LogP contribution is -1.88. The maximum atomic E-state index is 5.80. The minimum atomic E-state index is 0.749. The molecule has 2 rings (SSSR count). The first kappa shape index (κ1) is 8.19. The lowest BCUT2D eigenvalue weighted by molar-refractivity contribution is 1.17. The summed E-state index contributed by atoms with van der Waals surface area (Å²) in [5, 5.41) is 0.885. The second kappa shape index (κ2) is 3.14. The number of hydrogen-bond donors (Lipinski definition) is 1.